The minimum atomic E-state index is -2.98. The first-order valence-electron chi connectivity index (χ1n) is 5.83. The number of hydrogen-bond acceptors (Lipinski definition) is 4. The Morgan fingerprint density at radius 2 is 2.05 bits per heavy atom. The highest BCUT2D eigenvalue weighted by atomic mass is 32.2. The summed E-state index contributed by atoms with van der Waals surface area (Å²) in [6.07, 6.45) is 0.481. The number of sulfone groups is 1. The first-order chi connectivity index (χ1) is 8.94. The van der Waals surface area contributed by atoms with Gasteiger partial charge in [0, 0.05) is 10.9 Å². The maximum atomic E-state index is 12.7. The SMILES string of the molecule is O=C(CSc1ccc(F)cc1)N[C@H]1CCS(=O)(=O)C1. The molecule has 0 spiro atoms. The van der Waals surface area contributed by atoms with Crippen LogP contribution in [0.25, 0.3) is 0 Å². The Balaban J connectivity index is 1.77. The third kappa shape index (κ3) is 4.50. The number of amides is 1. The monoisotopic (exact) mass is 303 g/mol. The van der Waals surface area contributed by atoms with Crippen molar-refractivity contribution in [3.05, 3.63) is 30.1 Å². The largest absolute Gasteiger partial charge is 0.352 e. The van der Waals surface area contributed by atoms with Gasteiger partial charge in [-0.1, -0.05) is 0 Å². The average Bonchev–Trinajstić information content (AvgIpc) is 2.68. The summed E-state index contributed by atoms with van der Waals surface area (Å²) in [4.78, 5) is 12.5. The summed E-state index contributed by atoms with van der Waals surface area (Å²) in [5.41, 5.74) is 0. The topological polar surface area (TPSA) is 63.2 Å². The highest BCUT2D eigenvalue weighted by Crippen LogP contribution is 2.18. The minimum absolute atomic E-state index is 0.0277. The lowest BCUT2D eigenvalue weighted by Gasteiger charge is -2.10. The normalized spacial score (nSPS) is 21.2. The first-order valence-corrected chi connectivity index (χ1v) is 8.63. The van der Waals surface area contributed by atoms with E-state index in [0.717, 1.165) is 4.90 Å². The van der Waals surface area contributed by atoms with E-state index in [9.17, 15) is 17.6 Å². The third-order valence-electron chi connectivity index (χ3n) is 2.78. The van der Waals surface area contributed by atoms with E-state index in [1.54, 1.807) is 12.1 Å². The number of rotatable bonds is 4. The van der Waals surface area contributed by atoms with Crippen LogP contribution in [0.2, 0.25) is 0 Å². The smallest absolute Gasteiger partial charge is 0.230 e. The number of nitrogens with one attached hydrogen (secondary N) is 1. The molecule has 1 atom stereocenters. The number of thioether (sulfide) groups is 1. The fourth-order valence-corrected chi connectivity index (χ4v) is 4.24. The molecule has 1 amide bonds. The second kappa shape index (κ2) is 5.92. The predicted molar refractivity (Wildman–Crippen MR) is 72.3 cm³/mol. The lowest BCUT2D eigenvalue weighted by Crippen LogP contribution is -2.36. The van der Waals surface area contributed by atoms with Gasteiger partial charge in [0.05, 0.1) is 17.3 Å². The Bertz CT molecular complexity index is 557. The van der Waals surface area contributed by atoms with Crippen LogP contribution in [0.4, 0.5) is 4.39 Å². The minimum Gasteiger partial charge on any atom is -0.352 e. The summed E-state index contributed by atoms with van der Waals surface area (Å²) in [6, 6.07) is 5.61. The zero-order chi connectivity index (χ0) is 13.9. The highest BCUT2D eigenvalue weighted by molar-refractivity contribution is 8.00. The van der Waals surface area contributed by atoms with Crippen molar-refractivity contribution in [1.29, 1.82) is 0 Å². The van der Waals surface area contributed by atoms with E-state index in [4.69, 9.17) is 0 Å². The van der Waals surface area contributed by atoms with Crippen molar-refractivity contribution >= 4 is 27.5 Å². The molecule has 1 fully saturated rings. The molecular formula is C12H14FNO3S2. The van der Waals surface area contributed by atoms with Gasteiger partial charge >= 0.3 is 0 Å². The van der Waals surface area contributed by atoms with Crippen LogP contribution >= 0.6 is 11.8 Å². The van der Waals surface area contributed by atoms with Crippen LogP contribution in [0.15, 0.2) is 29.2 Å². The lowest BCUT2D eigenvalue weighted by molar-refractivity contribution is -0.119. The summed E-state index contributed by atoms with van der Waals surface area (Å²) in [6.45, 7) is 0. The van der Waals surface area contributed by atoms with E-state index < -0.39 is 9.84 Å². The van der Waals surface area contributed by atoms with Gasteiger partial charge in [-0.05, 0) is 30.7 Å². The summed E-state index contributed by atoms with van der Waals surface area (Å²) >= 11 is 1.29. The van der Waals surface area contributed by atoms with Gasteiger partial charge in [0.1, 0.15) is 5.82 Å². The fraction of sp³-hybridized carbons (Fsp3) is 0.417. The lowest BCUT2D eigenvalue weighted by atomic mass is 10.3. The molecule has 0 saturated carbocycles. The third-order valence-corrected chi connectivity index (χ3v) is 5.56. The zero-order valence-electron chi connectivity index (χ0n) is 10.1. The molecule has 0 bridgehead atoms. The first kappa shape index (κ1) is 14.3. The fourth-order valence-electron chi connectivity index (χ4n) is 1.86. The van der Waals surface area contributed by atoms with E-state index >= 15 is 0 Å². The molecule has 1 heterocycles. The van der Waals surface area contributed by atoms with E-state index in [1.165, 1.54) is 23.9 Å². The molecule has 0 radical (unpaired) electrons. The van der Waals surface area contributed by atoms with Gasteiger partial charge in [-0.25, -0.2) is 12.8 Å². The second-order valence-electron chi connectivity index (χ2n) is 4.41. The van der Waals surface area contributed by atoms with Gasteiger partial charge in [-0.15, -0.1) is 11.8 Å². The van der Waals surface area contributed by atoms with Crippen molar-refractivity contribution in [1.82, 2.24) is 5.32 Å². The van der Waals surface area contributed by atoms with E-state index in [0.29, 0.717) is 6.42 Å². The highest BCUT2D eigenvalue weighted by Gasteiger charge is 2.28. The predicted octanol–water partition coefficient (Wildman–Crippen LogP) is 1.22. The maximum absolute atomic E-state index is 12.7. The molecule has 1 aliphatic rings. The van der Waals surface area contributed by atoms with Crippen LogP contribution in [-0.2, 0) is 14.6 Å². The van der Waals surface area contributed by atoms with Crippen LogP contribution in [0, 0.1) is 5.82 Å². The molecule has 104 valence electrons. The van der Waals surface area contributed by atoms with Crippen molar-refractivity contribution in [3.8, 4) is 0 Å². The standard InChI is InChI=1S/C12H14FNO3S2/c13-9-1-3-11(4-2-9)18-7-12(15)14-10-5-6-19(16,17)8-10/h1-4,10H,5-8H2,(H,14,15)/t10-/m0/s1. The Kier molecular flexibility index (Phi) is 4.46. The molecule has 2 rings (SSSR count). The van der Waals surface area contributed by atoms with Crippen molar-refractivity contribution in [2.24, 2.45) is 0 Å². The molecule has 1 saturated heterocycles. The molecule has 0 aliphatic carbocycles. The Morgan fingerprint density at radius 3 is 2.63 bits per heavy atom. The van der Waals surface area contributed by atoms with Crippen molar-refractivity contribution < 1.29 is 17.6 Å². The molecule has 7 heteroatoms. The molecule has 1 aliphatic heterocycles. The molecule has 1 aromatic carbocycles. The number of benzene rings is 1. The van der Waals surface area contributed by atoms with Gasteiger partial charge in [-0.3, -0.25) is 4.79 Å². The Labute approximate surface area is 115 Å². The Morgan fingerprint density at radius 1 is 1.37 bits per heavy atom. The van der Waals surface area contributed by atoms with Crippen LogP contribution in [0.3, 0.4) is 0 Å². The van der Waals surface area contributed by atoms with Gasteiger partial charge in [0.2, 0.25) is 5.91 Å². The molecule has 0 aromatic heterocycles. The number of halogens is 1. The summed E-state index contributed by atoms with van der Waals surface area (Å²) in [5.74, 6) is -0.146. The van der Waals surface area contributed by atoms with Crippen LogP contribution in [0.1, 0.15) is 6.42 Å². The molecular weight excluding hydrogens is 289 g/mol. The molecule has 1 N–H and O–H groups in total. The van der Waals surface area contributed by atoms with E-state index in [2.05, 4.69) is 5.32 Å². The molecule has 4 nitrogen and oxygen atoms in total. The van der Waals surface area contributed by atoms with E-state index in [-0.39, 0.29) is 35.0 Å². The van der Waals surface area contributed by atoms with Crippen LogP contribution < -0.4 is 5.32 Å². The summed E-state index contributed by atoms with van der Waals surface area (Å²) < 4.78 is 35.2. The number of carbonyl (C=O) groups excluding carboxylic acids is 1. The van der Waals surface area contributed by atoms with E-state index in [1.807, 2.05) is 0 Å². The van der Waals surface area contributed by atoms with Crippen LogP contribution in [0.5, 0.6) is 0 Å². The quantitative estimate of drug-likeness (QED) is 0.850. The second-order valence-corrected chi connectivity index (χ2v) is 7.69. The van der Waals surface area contributed by atoms with Crippen LogP contribution in [-0.4, -0.2) is 37.6 Å². The molecule has 0 unspecified atom stereocenters. The van der Waals surface area contributed by atoms with Gasteiger partial charge in [0.15, 0.2) is 9.84 Å². The van der Waals surface area contributed by atoms with Crippen molar-refractivity contribution in [2.45, 2.75) is 17.4 Å². The van der Waals surface area contributed by atoms with Gasteiger partial charge < -0.3 is 5.32 Å². The van der Waals surface area contributed by atoms with Crippen molar-refractivity contribution in [2.75, 3.05) is 17.3 Å². The average molecular weight is 303 g/mol. The van der Waals surface area contributed by atoms with Gasteiger partial charge in [0.25, 0.3) is 0 Å². The molecule has 19 heavy (non-hydrogen) atoms. The Hall–Kier alpha value is -1.08. The van der Waals surface area contributed by atoms with Crippen molar-refractivity contribution in [3.63, 3.8) is 0 Å². The number of carbonyl (C=O) groups is 1. The maximum Gasteiger partial charge on any atom is 0.230 e. The number of hydrogen-bond donors (Lipinski definition) is 1. The van der Waals surface area contributed by atoms with Gasteiger partial charge in [-0.2, -0.15) is 0 Å². The zero-order valence-corrected chi connectivity index (χ0v) is 11.8. The summed E-state index contributed by atoms with van der Waals surface area (Å²) in [5, 5.41) is 2.70. The summed E-state index contributed by atoms with van der Waals surface area (Å²) in [7, 11) is -2.98. The molecule has 1 aromatic rings.